The van der Waals surface area contributed by atoms with E-state index in [0.29, 0.717) is 36.1 Å². The molecule has 8 nitrogen and oxygen atoms in total. The number of carbonyl (C=O) groups excluding carboxylic acids is 2. The minimum absolute atomic E-state index is 0.116. The van der Waals surface area contributed by atoms with Crippen molar-refractivity contribution in [2.45, 2.75) is 26.2 Å². The Morgan fingerprint density at radius 3 is 2.74 bits per heavy atom. The molecule has 0 bridgehead atoms. The smallest absolute Gasteiger partial charge is 0.254 e. The molecule has 0 saturated heterocycles. The fourth-order valence-corrected chi connectivity index (χ4v) is 3.53. The molecule has 1 aliphatic heterocycles. The van der Waals surface area contributed by atoms with Crippen LogP contribution in [0.25, 0.3) is 0 Å². The lowest BCUT2D eigenvalue weighted by molar-refractivity contribution is 0.0944. The number of carbonyl (C=O) groups is 2. The molecule has 2 amide bonds. The zero-order valence-electron chi connectivity index (χ0n) is 17.4. The van der Waals surface area contributed by atoms with Crippen LogP contribution >= 0.6 is 0 Å². The van der Waals surface area contributed by atoms with Gasteiger partial charge in [-0.05, 0) is 47.7 Å². The van der Waals surface area contributed by atoms with Gasteiger partial charge in [0.2, 0.25) is 5.95 Å². The molecule has 0 atom stereocenters. The van der Waals surface area contributed by atoms with Crippen LogP contribution in [0.1, 0.15) is 51.6 Å². The van der Waals surface area contributed by atoms with Crippen LogP contribution in [-0.2, 0) is 6.42 Å². The van der Waals surface area contributed by atoms with Crippen LogP contribution < -0.4 is 21.7 Å². The standard InChI is InChI=1S/C23H24N6O2/c1-13(2)14-5-3-6-15(11-14)27-23-26-12-18(20(24)30)21(29-23)28-19-8-4-7-17-16(19)9-10-25-22(17)31/h3-8,11-13H,9-10H2,1-2H3,(H2,24,30)(H,25,31)(H2,26,27,28,29). The van der Waals surface area contributed by atoms with E-state index >= 15 is 0 Å². The average Bonchev–Trinajstić information content (AvgIpc) is 2.75. The lowest BCUT2D eigenvalue weighted by Crippen LogP contribution is -2.32. The quantitative estimate of drug-likeness (QED) is 0.488. The van der Waals surface area contributed by atoms with Crippen molar-refractivity contribution in [1.82, 2.24) is 15.3 Å². The zero-order valence-corrected chi connectivity index (χ0v) is 17.4. The summed E-state index contributed by atoms with van der Waals surface area (Å²) in [6.45, 7) is 4.80. The minimum atomic E-state index is -0.640. The molecule has 0 saturated carbocycles. The summed E-state index contributed by atoms with van der Waals surface area (Å²) < 4.78 is 0. The number of aromatic nitrogens is 2. The number of nitrogens with zero attached hydrogens (tertiary/aromatic N) is 2. The second-order valence-electron chi connectivity index (χ2n) is 7.69. The maximum absolute atomic E-state index is 12.1. The lowest BCUT2D eigenvalue weighted by atomic mass is 9.98. The molecule has 0 unspecified atom stereocenters. The zero-order chi connectivity index (χ0) is 22.0. The van der Waals surface area contributed by atoms with Crippen LogP contribution in [0.15, 0.2) is 48.7 Å². The summed E-state index contributed by atoms with van der Waals surface area (Å²) in [7, 11) is 0. The molecule has 2 aromatic carbocycles. The number of primary amides is 1. The van der Waals surface area contributed by atoms with Crippen molar-refractivity contribution in [3.8, 4) is 0 Å². The van der Waals surface area contributed by atoms with E-state index in [1.807, 2.05) is 24.3 Å². The number of anilines is 4. The summed E-state index contributed by atoms with van der Waals surface area (Å²) in [5, 5.41) is 9.20. The molecular weight excluding hydrogens is 392 g/mol. The first-order chi connectivity index (χ1) is 14.9. The van der Waals surface area contributed by atoms with Gasteiger partial charge in [-0.25, -0.2) is 4.98 Å². The Morgan fingerprint density at radius 2 is 1.97 bits per heavy atom. The number of hydrogen-bond donors (Lipinski definition) is 4. The second kappa shape index (κ2) is 8.43. The van der Waals surface area contributed by atoms with Gasteiger partial charge >= 0.3 is 0 Å². The number of benzene rings is 2. The molecule has 1 aromatic heterocycles. The van der Waals surface area contributed by atoms with E-state index in [4.69, 9.17) is 5.73 Å². The summed E-state index contributed by atoms with van der Waals surface area (Å²) >= 11 is 0. The summed E-state index contributed by atoms with van der Waals surface area (Å²) in [5.74, 6) is 0.243. The molecule has 0 radical (unpaired) electrons. The third kappa shape index (κ3) is 4.32. The SMILES string of the molecule is CC(C)c1cccc(Nc2ncc(C(N)=O)c(Nc3cccc4c3CCNC4=O)n2)c1. The molecule has 0 spiro atoms. The highest BCUT2D eigenvalue weighted by molar-refractivity contribution is 6.00. The van der Waals surface area contributed by atoms with E-state index in [-0.39, 0.29) is 17.3 Å². The van der Waals surface area contributed by atoms with Gasteiger partial charge in [0.25, 0.3) is 11.8 Å². The molecule has 158 valence electrons. The summed E-state index contributed by atoms with van der Waals surface area (Å²) in [6.07, 6.45) is 2.07. The molecule has 8 heteroatoms. The van der Waals surface area contributed by atoms with Crippen molar-refractivity contribution in [2.24, 2.45) is 5.73 Å². The molecule has 0 fully saturated rings. The average molecular weight is 416 g/mol. The van der Waals surface area contributed by atoms with Crippen LogP contribution in [0.3, 0.4) is 0 Å². The predicted molar refractivity (Wildman–Crippen MR) is 120 cm³/mol. The number of nitrogens with one attached hydrogen (secondary N) is 3. The van der Waals surface area contributed by atoms with Gasteiger partial charge in [-0.2, -0.15) is 4.98 Å². The van der Waals surface area contributed by atoms with Gasteiger partial charge in [0, 0.05) is 29.7 Å². The third-order valence-electron chi connectivity index (χ3n) is 5.20. The van der Waals surface area contributed by atoms with Gasteiger partial charge in [-0.1, -0.05) is 32.0 Å². The molecular formula is C23H24N6O2. The Bertz CT molecular complexity index is 1160. The van der Waals surface area contributed by atoms with Gasteiger partial charge in [-0.15, -0.1) is 0 Å². The molecule has 2 heterocycles. The highest BCUT2D eigenvalue weighted by Crippen LogP contribution is 2.28. The molecule has 1 aliphatic rings. The molecule has 31 heavy (non-hydrogen) atoms. The molecule has 5 N–H and O–H groups in total. The first kappa shape index (κ1) is 20.3. The maximum atomic E-state index is 12.1. The highest BCUT2D eigenvalue weighted by Gasteiger charge is 2.21. The van der Waals surface area contributed by atoms with Gasteiger partial charge in [-0.3, -0.25) is 9.59 Å². The first-order valence-corrected chi connectivity index (χ1v) is 10.1. The van der Waals surface area contributed by atoms with E-state index in [0.717, 1.165) is 11.3 Å². The van der Waals surface area contributed by atoms with E-state index in [1.54, 1.807) is 12.1 Å². The van der Waals surface area contributed by atoms with Crippen LogP contribution in [0, 0.1) is 0 Å². The van der Waals surface area contributed by atoms with E-state index in [2.05, 4.69) is 45.8 Å². The fourth-order valence-electron chi connectivity index (χ4n) is 3.53. The number of fused-ring (bicyclic) bond motifs is 1. The van der Waals surface area contributed by atoms with Gasteiger partial charge in [0.15, 0.2) is 0 Å². The summed E-state index contributed by atoms with van der Waals surface area (Å²) in [6, 6.07) is 13.4. The monoisotopic (exact) mass is 416 g/mol. The first-order valence-electron chi connectivity index (χ1n) is 10.1. The second-order valence-corrected chi connectivity index (χ2v) is 7.69. The van der Waals surface area contributed by atoms with Crippen molar-refractivity contribution >= 4 is 35.0 Å². The van der Waals surface area contributed by atoms with Crippen molar-refractivity contribution in [3.05, 3.63) is 70.9 Å². The number of rotatable bonds is 6. The normalized spacial score (nSPS) is 12.8. The van der Waals surface area contributed by atoms with Crippen molar-refractivity contribution in [2.75, 3.05) is 17.2 Å². The number of amides is 2. The Kier molecular flexibility index (Phi) is 5.53. The Balaban J connectivity index is 1.68. The van der Waals surface area contributed by atoms with Crippen LogP contribution in [0.4, 0.5) is 23.1 Å². The third-order valence-corrected chi connectivity index (χ3v) is 5.20. The van der Waals surface area contributed by atoms with Gasteiger partial charge in [0.1, 0.15) is 11.4 Å². The van der Waals surface area contributed by atoms with E-state index < -0.39 is 5.91 Å². The highest BCUT2D eigenvalue weighted by atomic mass is 16.2. The molecule has 3 aromatic rings. The van der Waals surface area contributed by atoms with Crippen LogP contribution in [-0.4, -0.2) is 28.3 Å². The number of hydrogen-bond acceptors (Lipinski definition) is 6. The maximum Gasteiger partial charge on any atom is 0.254 e. The summed E-state index contributed by atoms with van der Waals surface area (Å²) in [5.41, 5.74) is 9.93. The van der Waals surface area contributed by atoms with Crippen molar-refractivity contribution in [1.29, 1.82) is 0 Å². The van der Waals surface area contributed by atoms with Crippen molar-refractivity contribution < 1.29 is 9.59 Å². The predicted octanol–water partition coefficient (Wildman–Crippen LogP) is 3.47. The Hall–Kier alpha value is -3.94. The topological polar surface area (TPSA) is 122 Å². The molecule has 0 aliphatic carbocycles. The van der Waals surface area contributed by atoms with Gasteiger partial charge < -0.3 is 21.7 Å². The number of nitrogens with two attached hydrogens (primary N) is 1. The lowest BCUT2D eigenvalue weighted by Gasteiger charge is -2.20. The van der Waals surface area contributed by atoms with Crippen LogP contribution in [0.2, 0.25) is 0 Å². The van der Waals surface area contributed by atoms with E-state index in [9.17, 15) is 9.59 Å². The summed E-state index contributed by atoms with van der Waals surface area (Å²) in [4.78, 5) is 32.8. The fraction of sp³-hybridized carbons (Fsp3) is 0.217. The van der Waals surface area contributed by atoms with E-state index in [1.165, 1.54) is 11.8 Å². The molecule has 4 rings (SSSR count). The van der Waals surface area contributed by atoms with Crippen molar-refractivity contribution in [3.63, 3.8) is 0 Å². The Labute approximate surface area is 180 Å². The van der Waals surface area contributed by atoms with Gasteiger partial charge in [0.05, 0.1) is 0 Å². The van der Waals surface area contributed by atoms with Crippen LogP contribution in [0.5, 0.6) is 0 Å². The minimum Gasteiger partial charge on any atom is -0.365 e. The Morgan fingerprint density at radius 1 is 1.16 bits per heavy atom. The largest absolute Gasteiger partial charge is 0.365 e.